The van der Waals surface area contributed by atoms with Gasteiger partial charge in [-0.1, -0.05) is 30.3 Å². The van der Waals surface area contributed by atoms with Gasteiger partial charge in [-0.15, -0.1) is 0 Å². The highest BCUT2D eigenvalue weighted by atomic mass is 19.1. The van der Waals surface area contributed by atoms with Crippen LogP contribution in [0.15, 0.2) is 59.2 Å². The van der Waals surface area contributed by atoms with Crippen LogP contribution in [-0.4, -0.2) is 22.5 Å². The highest BCUT2D eigenvalue weighted by molar-refractivity contribution is 5.91. The van der Waals surface area contributed by atoms with Gasteiger partial charge in [-0.3, -0.25) is 4.79 Å². The molecular formula is C20H20FN3O3. The minimum absolute atomic E-state index is 0.125. The molecule has 1 aromatic heterocycles. The third-order valence-corrected chi connectivity index (χ3v) is 4.10. The molecule has 3 rings (SSSR count). The number of phenolic OH excluding ortho intramolecular Hbond substituents is 1. The van der Waals surface area contributed by atoms with E-state index in [0.29, 0.717) is 18.4 Å². The summed E-state index contributed by atoms with van der Waals surface area (Å²) in [5, 5.41) is 12.0. The Morgan fingerprint density at radius 1 is 1.22 bits per heavy atom. The second-order valence-electron chi connectivity index (χ2n) is 6.15. The molecule has 27 heavy (non-hydrogen) atoms. The molecule has 0 saturated carbocycles. The van der Waals surface area contributed by atoms with Crippen molar-refractivity contribution in [3.05, 3.63) is 83.3 Å². The van der Waals surface area contributed by atoms with Crippen LogP contribution in [0.5, 0.6) is 5.75 Å². The van der Waals surface area contributed by atoms with Gasteiger partial charge in [-0.05, 0) is 42.2 Å². The summed E-state index contributed by atoms with van der Waals surface area (Å²) in [5.74, 6) is -0.269. The zero-order valence-electron chi connectivity index (χ0n) is 14.6. The van der Waals surface area contributed by atoms with Crippen molar-refractivity contribution >= 4 is 5.91 Å². The number of hydrogen-bond acceptors (Lipinski definition) is 5. The summed E-state index contributed by atoms with van der Waals surface area (Å²) in [4.78, 5) is 16.3. The van der Waals surface area contributed by atoms with Crippen LogP contribution in [0.25, 0.3) is 0 Å². The van der Waals surface area contributed by atoms with Crippen molar-refractivity contribution in [2.24, 2.45) is 5.73 Å². The number of rotatable bonds is 7. The number of carbonyl (C=O) groups excluding carboxylic acids is 1. The van der Waals surface area contributed by atoms with Crippen LogP contribution in [0.2, 0.25) is 0 Å². The topological polar surface area (TPSA) is 101 Å². The molecule has 0 fully saturated rings. The highest BCUT2D eigenvalue weighted by Gasteiger charge is 2.17. The smallest absolute Gasteiger partial charge is 0.273 e. The number of phenols is 1. The quantitative estimate of drug-likeness (QED) is 0.594. The summed E-state index contributed by atoms with van der Waals surface area (Å²) in [6.45, 7) is 0.279. The monoisotopic (exact) mass is 369 g/mol. The summed E-state index contributed by atoms with van der Waals surface area (Å²) in [7, 11) is 0. The van der Waals surface area contributed by atoms with Gasteiger partial charge in [0.1, 0.15) is 17.8 Å². The number of nitrogens with one attached hydrogen (secondary N) is 1. The summed E-state index contributed by atoms with van der Waals surface area (Å²) in [6.07, 6.45) is 2.09. The van der Waals surface area contributed by atoms with Crippen molar-refractivity contribution in [3.63, 3.8) is 0 Å². The van der Waals surface area contributed by atoms with Crippen molar-refractivity contribution < 1.29 is 18.7 Å². The SMILES string of the molecule is NC(Cc1ccc(O)cc1)c1nc(C(=O)NCCc2ccccc2F)co1. The Bertz CT molecular complexity index is 909. The van der Waals surface area contributed by atoms with Gasteiger partial charge < -0.3 is 20.6 Å². The number of nitrogens with two attached hydrogens (primary N) is 1. The Kier molecular flexibility index (Phi) is 5.83. The number of oxazole rings is 1. The maximum Gasteiger partial charge on any atom is 0.273 e. The first-order chi connectivity index (χ1) is 13.0. The average molecular weight is 369 g/mol. The van der Waals surface area contributed by atoms with Crippen molar-refractivity contribution in [2.75, 3.05) is 6.54 Å². The molecule has 1 unspecified atom stereocenters. The van der Waals surface area contributed by atoms with Crippen molar-refractivity contribution in [1.29, 1.82) is 0 Å². The van der Waals surface area contributed by atoms with E-state index in [4.69, 9.17) is 10.2 Å². The molecule has 0 aliphatic heterocycles. The number of aromatic nitrogens is 1. The number of amides is 1. The summed E-state index contributed by atoms with van der Waals surface area (Å²) < 4.78 is 18.9. The molecule has 7 heteroatoms. The van der Waals surface area contributed by atoms with Crippen molar-refractivity contribution in [3.8, 4) is 5.75 Å². The molecule has 0 saturated heterocycles. The summed E-state index contributed by atoms with van der Waals surface area (Å²) in [5.41, 5.74) is 7.65. The van der Waals surface area contributed by atoms with Gasteiger partial charge in [0.25, 0.3) is 5.91 Å². The van der Waals surface area contributed by atoms with Crippen LogP contribution >= 0.6 is 0 Å². The fourth-order valence-electron chi connectivity index (χ4n) is 2.64. The number of carbonyl (C=O) groups is 1. The average Bonchev–Trinajstić information content (AvgIpc) is 3.15. The molecule has 0 aliphatic rings. The molecule has 0 spiro atoms. The van der Waals surface area contributed by atoms with Crippen LogP contribution in [0, 0.1) is 5.82 Å². The number of nitrogens with zero attached hydrogens (tertiary/aromatic N) is 1. The zero-order valence-corrected chi connectivity index (χ0v) is 14.6. The van der Waals surface area contributed by atoms with Gasteiger partial charge in [-0.25, -0.2) is 9.37 Å². The lowest BCUT2D eigenvalue weighted by atomic mass is 10.1. The third kappa shape index (κ3) is 4.92. The molecular weight excluding hydrogens is 349 g/mol. The highest BCUT2D eigenvalue weighted by Crippen LogP contribution is 2.18. The van der Waals surface area contributed by atoms with Crippen LogP contribution in [0.3, 0.4) is 0 Å². The third-order valence-electron chi connectivity index (χ3n) is 4.10. The van der Waals surface area contributed by atoms with Crippen molar-refractivity contribution in [1.82, 2.24) is 10.3 Å². The van der Waals surface area contributed by atoms with Gasteiger partial charge in [-0.2, -0.15) is 0 Å². The molecule has 0 aliphatic carbocycles. The van der Waals surface area contributed by atoms with Crippen molar-refractivity contribution in [2.45, 2.75) is 18.9 Å². The Labute approximate surface area is 155 Å². The van der Waals surface area contributed by atoms with E-state index in [-0.39, 0.29) is 29.7 Å². The Balaban J connectivity index is 1.53. The lowest BCUT2D eigenvalue weighted by Gasteiger charge is -2.07. The predicted octanol–water partition coefficient (Wildman–Crippen LogP) is 2.73. The molecule has 0 bridgehead atoms. The first-order valence-corrected chi connectivity index (χ1v) is 8.53. The van der Waals surface area contributed by atoms with Crippen LogP contribution in [0.4, 0.5) is 4.39 Å². The van der Waals surface area contributed by atoms with E-state index in [1.54, 1.807) is 42.5 Å². The molecule has 6 nitrogen and oxygen atoms in total. The molecule has 1 heterocycles. The van der Waals surface area contributed by atoms with Gasteiger partial charge in [0, 0.05) is 6.54 Å². The van der Waals surface area contributed by atoms with Crippen LogP contribution < -0.4 is 11.1 Å². The molecule has 1 amide bonds. The first kappa shape index (κ1) is 18.6. The van der Waals surface area contributed by atoms with E-state index >= 15 is 0 Å². The zero-order chi connectivity index (χ0) is 19.2. The molecule has 140 valence electrons. The van der Waals surface area contributed by atoms with Gasteiger partial charge in [0.15, 0.2) is 5.69 Å². The second kappa shape index (κ2) is 8.46. The number of halogens is 1. The normalized spacial score (nSPS) is 11.9. The summed E-state index contributed by atoms with van der Waals surface area (Å²) >= 11 is 0. The standard InChI is InChI=1S/C20H20FN3O3/c21-16-4-2-1-3-14(16)9-10-23-19(26)18-12-27-20(24-18)17(22)11-13-5-7-15(25)8-6-13/h1-8,12,17,25H,9-11,22H2,(H,23,26). The van der Waals surface area contributed by atoms with E-state index < -0.39 is 11.9 Å². The Morgan fingerprint density at radius 3 is 2.70 bits per heavy atom. The van der Waals surface area contributed by atoms with E-state index in [1.807, 2.05) is 0 Å². The lowest BCUT2D eigenvalue weighted by Crippen LogP contribution is -2.26. The molecule has 1 atom stereocenters. The van der Waals surface area contributed by atoms with E-state index in [0.717, 1.165) is 5.56 Å². The summed E-state index contributed by atoms with van der Waals surface area (Å²) in [6, 6.07) is 12.6. The maximum absolute atomic E-state index is 13.6. The minimum Gasteiger partial charge on any atom is -0.508 e. The number of benzene rings is 2. The second-order valence-corrected chi connectivity index (χ2v) is 6.15. The van der Waals surface area contributed by atoms with E-state index in [9.17, 15) is 14.3 Å². The fourth-order valence-corrected chi connectivity index (χ4v) is 2.64. The molecule has 4 N–H and O–H groups in total. The van der Waals surface area contributed by atoms with Crippen LogP contribution in [-0.2, 0) is 12.8 Å². The number of hydrogen-bond donors (Lipinski definition) is 3. The first-order valence-electron chi connectivity index (χ1n) is 8.53. The lowest BCUT2D eigenvalue weighted by molar-refractivity contribution is 0.0949. The van der Waals surface area contributed by atoms with Crippen LogP contribution in [0.1, 0.15) is 33.5 Å². The van der Waals surface area contributed by atoms with E-state index in [1.165, 1.54) is 12.3 Å². The minimum atomic E-state index is -0.519. The van der Waals surface area contributed by atoms with Gasteiger partial charge in [0.05, 0.1) is 6.04 Å². The predicted molar refractivity (Wildman–Crippen MR) is 97.7 cm³/mol. The molecule has 0 radical (unpaired) electrons. The Morgan fingerprint density at radius 2 is 1.96 bits per heavy atom. The maximum atomic E-state index is 13.6. The van der Waals surface area contributed by atoms with Gasteiger partial charge >= 0.3 is 0 Å². The van der Waals surface area contributed by atoms with E-state index in [2.05, 4.69) is 10.3 Å². The largest absolute Gasteiger partial charge is 0.508 e. The molecule has 3 aromatic rings. The molecule has 2 aromatic carbocycles. The fraction of sp³-hybridized carbons (Fsp3) is 0.200. The van der Waals surface area contributed by atoms with Gasteiger partial charge in [0.2, 0.25) is 5.89 Å². The number of aromatic hydroxyl groups is 1. The Hall–Kier alpha value is -3.19.